The van der Waals surface area contributed by atoms with Gasteiger partial charge in [-0.25, -0.2) is 0 Å². The molecule has 0 aliphatic heterocycles. The van der Waals surface area contributed by atoms with Gasteiger partial charge in [-0.15, -0.1) is 10.2 Å². The molecule has 21 heavy (non-hydrogen) atoms. The minimum atomic E-state index is -0.239. The van der Waals surface area contributed by atoms with E-state index in [1.165, 1.54) is 13.2 Å². The molecule has 0 saturated carbocycles. The molecule has 1 aromatic carbocycles. The highest BCUT2D eigenvalue weighted by Crippen LogP contribution is 2.23. The first-order chi connectivity index (χ1) is 10.2. The highest BCUT2D eigenvalue weighted by molar-refractivity contribution is 6.33. The van der Waals surface area contributed by atoms with Crippen molar-refractivity contribution in [3.63, 3.8) is 0 Å². The molecule has 0 bridgehead atoms. The molecule has 8 nitrogen and oxygen atoms in total. The van der Waals surface area contributed by atoms with Gasteiger partial charge in [-0.2, -0.15) is 10.5 Å². The van der Waals surface area contributed by atoms with E-state index in [1.807, 2.05) is 6.07 Å². The van der Waals surface area contributed by atoms with Crippen LogP contribution in [0.2, 0.25) is 5.02 Å². The van der Waals surface area contributed by atoms with Gasteiger partial charge in [0, 0.05) is 18.8 Å². The maximum absolute atomic E-state index is 11.6. The lowest BCUT2D eigenvalue weighted by atomic mass is 10.2. The number of rotatable bonds is 4. The third-order valence-electron chi connectivity index (χ3n) is 2.53. The van der Waals surface area contributed by atoms with E-state index in [-0.39, 0.29) is 17.3 Å². The molecule has 0 atom stereocenters. The number of hydrogen-bond donors (Lipinski definition) is 3. The number of halogens is 1. The summed E-state index contributed by atoms with van der Waals surface area (Å²) in [5.41, 5.74) is 1.09. The molecule has 0 aliphatic carbocycles. The molecule has 0 unspecified atom stereocenters. The van der Waals surface area contributed by atoms with E-state index in [0.717, 1.165) is 0 Å². The number of nitrogens with one attached hydrogen (secondary N) is 3. The molecule has 1 heterocycles. The predicted molar refractivity (Wildman–Crippen MR) is 76.2 cm³/mol. The van der Waals surface area contributed by atoms with Gasteiger partial charge in [0.2, 0.25) is 5.82 Å². The van der Waals surface area contributed by atoms with Gasteiger partial charge in [0.25, 0.3) is 5.91 Å². The molecule has 3 N–H and O–H groups in total. The fraction of sp³-hybridized carbons (Fsp3) is 0.0833. The van der Waals surface area contributed by atoms with Gasteiger partial charge in [-0.3, -0.25) is 4.79 Å². The number of aromatic nitrogens is 4. The van der Waals surface area contributed by atoms with Crippen molar-refractivity contribution in [1.82, 2.24) is 25.9 Å². The van der Waals surface area contributed by atoms with Crippen LogP contribution in [0.1, 0.15) is 16.2 Å². The number of amides is 1. The zero-order chi connectivity index (χ0) is 15.2. The van der Waals surface area contributed by atoms with Crippen LogP contribution in [0.4, 0.5) is 5.69 Å². The fourth-order valence-electron chi connectivity index (χ4n) is 1.49. The first-order valence-electron chi connectivity index (χ1n) is 5.78. The summed E-state index contributed by atoms with van der Waals surface area (Å²) in [6, 6.07) is 6.69. The molecular formula is C12H10ClN7O. The first-order valence-corrected chi connectivity index (χ1v) is 6.15. The van der Waals surface area contributed by atoms with Gasteiger partial charge >= 0.3 is 0 Å². The van der Waals surface area contributed by atoms with Gasteiger partial charge in [0.05, 0.1) is 10.7 Å². The quantitative estimate of drug-likeness (QED) is 0.730. The van der Waals surface area contributed by atoms with E-state index < -0.39 is 0 Å². The summed E-state index contributed by atoms with van der Waals surface area (Å²) in [6.45, 7) is 0. The lowest BCUT2D eigenvalue weighted by Crippen LogP contribution is -2.17. The highest BCUT2D eigenvalue weighted by Gasteiger charge is 2.09. The van der Waals surface area contributed by atoms with Crippen LogP contribution in [0.15, 0.2) is 24.4 Å². The molecule has 1 amide bonds. The summed E-state index contributed by atoms with van der Waals surface area (Å²) in [5.74, 6) is -0.0825. The Bertz CT molecular complexity index is 718. The third-order valence-corrected chi connectivity index (χ3v) is 2.86. The molecule has 2 rings (SSSR count). The maximum atomic E-state index is 11.6. The van der Waals surface area contributed by atoms with Crippen molar-refractivity contribution in [3.8, 4) is 6.07 Å². The Kier molecular flexibility index (Phi) is 4.48. The third kappa shape index (κ3) is 3.34. The van der Waals surface area contributed by atoms with Crippen molar-refractivity contribution in [3.05, 3.63) is 40.8 Å². The summed E-state index contributed by atoms with van der Waals surface area (Å²) < 4.78 is 0. The minimum absolute atomic E-state index is 0.156. The number of carbonyl (C=O) groups excluding carboxylic acids is 1. The Morgan fingerprint density at radius 1 is 1.52 bits per heavy atom. The summed E-state index contributed by atoms with van der Waals surface area (Å²) in [7, 11) is 1.54. The Morgan fingerprint density at radius 2 is 2.33 bits per heavy atom. The van der Waals surface area contributed by atoms with Crippen LogP contribution in [-0.2, 0) is 0 Å². The largest absolute Gasteiger partial charge is 0.359 e. The number of aromatic amines is 1. The molecule has 0 spiro atoms. The molecule has 9 heteroatoms. The maximum Gasteiger partial charge on any atom is 0.251 e. The van der Waals surface area contributed by atoms with E-state index in [9.17, 15) is 4.79 Å². The SMILES string of the molecule is CNC(=O)c1ccc(Cl)c(NC=C(C#N)c2nn[nH]n2)c1. The van der Waals surface area contributed by atoms with Crippen LogP contribution >= 0.6 is 11.6 Å². The first kappa shape index (κ1) is 14.5. The second-order valence-corrected chi connectivity index (χ2v) is 4.23. The molecule has 0 radical (unpaired) electrons. The number of nitriles is 1. The number of nitrogens with zero attached hydrogens (tertiary/aromatic N) is 4. The van der Waals surface area contributed by atoms with E-state index >= 15 is 0 Å². The Labute approximate surface area is 124 Å². The number of carbonyl (C=O) groups is 1. The van der Waals surface area contributed by atoms with E-state index in [1.54, 1.807) is 18.2 Å². The molecular weight excluding hydrogens is 294 g/mol. The summed E-state index contributed by atoms with van der Waals surface area (Å²) in [4.78, 5) is 11.6. The van der Waals surface area contributed by atoms with Crippen molar-refractivity contribution in [2.75, 3.05) is 12.4 Å². The van der Waals surface area contributed by atoms with Crippen molar-refractivity contribution in [2.45, 2.75) is 0 Å². The Hall–Kier alpha value is -2.92. The molecule has 0 aliphatic rings. The predicted octanol–water partition coefficient (Wildman–Crippen LogP) is 1.19. The summed E-state index contributed by atoms with van der Waals surface area (Å²) in [6.07, 6.45) is 1.39. The summed E-state index contributed by atoms with van der Waals surface area (Å²) >= 11 is 6.04. The fourth-order valence-corrected chi connectivity index (χ4v) is 1.67. The van der Waals surface area contributed by atoms with Crippen molar-refractivity contribution in [2.24, 2.45) is 0 Å². The number of tetrazole rings is 1. The standard InChI is InChI=1S/C12H10ClN7O/c1-15-12(21)7-2-3-9(13)10(4-7)16-6-8(5-14)11-17-19-20-18-11/h2-4,6,16H,1H3,(H,15,21)(H,17,18,19,20). The average Bonchev–Trinajstić information content (AvgIpc) is 3.03. The van der Waals surface area contributed by atoms with Gasteiger partial charge in [-0.05, 0) is 23.4 Å². The van der Waals surface area contributed by atoms with Gasteiger partial charge in [0.15, 0.2) is 0 Å². The van der Waals surface area contributed by atoms with E-state index in [4.69, 9.17) is 16.9 Å². The topological polar surface area (TPSA) is 119 Å². The molecule has 0 saturated heterocycles. The smallest absolute Gasteiger partial charge is 0.251 e. The number of allylic oxidation sites excluding steroid dienone is 1. The molecule has 106 valence electrons. The molecule has 1 aromatic heterocycles. The van der Waals surface area contributed by atoms with Gasteiger partial charge in [0.1, 0.15) is 11.6 Å². The minimum Gasteiger partial charge on any atom is -0.359 e. The summed E-state index contributed by atoms with van der Waals surface area (Å²) in [5, 5.41) is 27.9. The number of H-pyrrole nitrogens is 1. The zero-order valence-corrected chi connectivity index (χ0v) is 11.6. The van der Waals surface area contributed by atoms with E-state index in [0.29, 0.717) is 16.3 Å². The van der Waals surface area contributed by atoms with Crippen LogP contribution in [0, 0.1) is 11.3 Å². The Balaban J connectivity index is 2.27. The lowest BCUT2D eigenvalue weighted by molar-refractivity contribution is 0.0963. The van der Waals surface area contributed by atoms with Gasteiger partial charge in [-0.1, -0.05) is 11.6 Å². The second-order valence-electron chi connectivity index (χ2n) is 3.82. The number of hydrogen-bond acceptors (Lipinski definition) is 6. The van der Waals surface area contributed by atoms with Crippen LogP contribution in [0.25, 0.3) is 5.57 Å². The molecule has 2 aromatic rings. The monoisotopic (exact) mass is 303 g/mol. The van der Waals surface area contributed by atoms with Crippen molar-refractivity contribution in [1.29, 1.82) is 5.26 Å². The Morgan fingerprint density at radius 3 is 2.95 bits per heavy atom. The van der Waals surface area contributed by atoms with Crippen LogP contribution in [-0.4, -0.2) is 33.6 Å². The normalized spacial score (nSPS) is 10.8. The van der Waals surface area contributed by atoms with Crippen molar-refractivity contribution < 1.29 is 4.79 Å². The second kappa shape index (κ2) is 6.49. The average molecular weight is 304 g/mol. The highest BCUT2D eigenvalue weighted by atomic mass is 35.5. The number of benzene rings is 1. The number of anilines is 1. The van der Waals surface area contributed by atoms with Crippen LogP contribution in [0.5, 0.6) is 0 Å². The van der Waals surface area contributed by atoms with E-state index in [2.05, 4.69) is 31.3 Å². The zero-order valence-electron chi connectivity index (χ0n) is 10.9. The van der Waals surface area contributed by atoms with Gasteiger partial charge < -0.3 is 10.6 Å². The van der Waals surface area contributed by atoms with Crippen LogP contribution in [0.3, 0.4) is 0 Å². The van der Waals surface area contributed by atoms with Crippen molar-refractivity contribution >= 4 is 28.8 Å². The van der Waals surface area contributed by atoms with Crippen LogP contribution < -0.4 is 10.6 Å². The lowest BCUT2D eigenvalue weighted by Gasteiger charge is -2.07. The molecule has 0 fully saturated rings.